The number of anilines is 1. The molecule has 1 aliphatic rings. The maximum absolute atomic E-state index is 13.8. The van der Waals surface area contributed by atoms with Gasteiger partial charge in [0.1, 0.15) is 17.1 Å². The van der Waals surface area contributed by atoms with Crippen molar-refractivity contribution < 1.29 is 23.6 Å². The molecular weight excluding hydrogens is 403 g/mol. The van der Waals surface area contributed by atoms with Crippen molar-refractivity contribution in [2.45, 2.75) is 52.6 Å². The standard InChI is InChI=1S/C22H25FN4O4/c1-11-7-8-13(10-14(11)23)25-19(29)17-12(2)16(15-6-5-9-27(15)17)18(28)20(30)26-22(3,4)21(24)31/h7-8,10H,5-6,9H2,1-4H3,(H2,24,31)(H,25,29)(H,26,30). The Kier molecular flexibility index (Phi) is 5.71. The first-order valence-corrected chi connectivity index (χ1v) is 9.90. The van der Waals surface area contributed by atoms with Crippen molar-refractivity contribution in [3.8, 4) is 0 Å². The Hall–Kier alpha value is -3.49. The highest BCUT2D eigenvalue weighted by Crippen LogP contribution is 2.30. The monoisotopic (exact) mass is 428 g/mol. The van der Waals surface area contributed by atoms with Gasteiger partial charge in [0.2, 0.25) is 5.91 Å². The van der Waals surface area contributed by atoms with Crippen LogP contribution in [0, 0.1) is 19.7 Å². The molecule has 0 spiro atoms. The highest BCUT2D eigenvalue weighted by Gasteiger charge is 2.36. The molecule has 0 saturated carbocycles. The van der Waals surface area contributed by atoms with Gasteiger partial charge in [-0.25, -0.2) is 4.39 Å². The summed E-state index contributed by atoms with van der Waals surface area (Å²) >= 11 is 0. The Bertz CT molecular complexity index is 1120. The fraction of sp³-hybridized carbons (Fsp3) is 0.364. The van der Waals surface area contributed by atoms with Gasteiger partial charge in [0.15, 0.2) is 0 Å². The molecule has 8 nitrogen and oxygen atoms in total. The molecule has 0 unspecified atom stereocenters. The molecule has 2 aromatic rings. The summed E-state index contributed by atoms with van der Waals surface area (Å²) in [5, 5.41) is 5.01. The van der Waals surface area contributed by atoms with E-state index in [1.165, 1.54) is 19.9 Å². The van der Waals surface area contributed by atoms with Crippen molar-refractivity contribution in [2.24, 2.45) is 5.73 Å². The van der Waals surface area contributed by atoms with Crippen LogP contribution in [0.3, 0.4) is 0 Å². The van der Waals surface area contributed by atoms with Crippen molar-refractivity contribution in [1.29, 1.82) is 0 Å². The first-order valence-electron chi connectivity index (χ1n) is 9.90. The number of nitrogens with zero attached hydrogens (tertiary/aromatic N) is 1. The SMILES string of the molecule is Cc1ccc(NC(=O)c2c(C)c(C(=O)C(=O)NC(C)(C)C(N)=O)c3n2CCC3)cc1F. The van der Waals surface area contributed by atoms with Gasteiger partial charge in [0, 0.05) is 17.9 Å². The van der Waals surface area contributed by atoms with Crippen molar-refractivity contribution in [3.05, 3.63) is 52.1 Å². The predicted molar refractivity (Wildman–Crippen MR) is 112 cm³/mol. The maximum Gasteiger partial charge on any atom is 0.293 e. The Balaban J connectivity index is 1.94. The molecule has 1 aromatic heterocycles. The third-order valence-corrected chi connectivity index (χ3v) is 5.53. The van der Waals surface area contributed by atoms with Crippen molar-refractivity contribution in [1.82, 2.24) is 9.88 Å². The molecule has 0 aliphatic carbocycles. The number of aromatic nitrogens is 1. The smallest absolute Gasteiger partial charge is 0.293 e. The van der Waals surface area contributed by atoms with Crippen LogP contribution in [0.15, 0.2) is 18.2 Å². The van der Waals surface area contributed by atoms with Gasteiger partial charge in [0.05, 0.1) is 5.56 Å². The number of nitrogens with one attached hydrogen (secondary N) is 2. The summed E-state index contributed by atoms with van der Waals surface area (Å²) in [6.45, 7) is 6.53. The van der Waals surface area contributed by atoms with Crippen LogP contribution in [0.25, 0.3) is 0 Å². The van der Waals surface area contributed by atoms with Crippen LogP contribution in [0.2, 0.25) is 0 Å². The molecule has 0 saturated heterocycles. The number of amides is 3. The Morgan fingerprint density at radius 3 is 2.45 bits per heavy atom. The molecule has 0 fully saturated rings. The van der Waals surface area contributed by atoms with Gasteiger partial charge in [0.25, 0.3) is 17.6 Å². The Labute approximate surface area is 179 Å². The van der Waals surface area contributed by atoms with E-state index in [2.05, 4.69) is 10.6 Å². The maximum atomic E-state index is 13.8. The van der Waals surface area contributed by atoms with Gasteiger partial charge in [-0.15, -0.1) is 0 Å². The minimum absolute atomic E-state index is 0.149. The van der Waals surface area contributed by atoms with Crippen molar-refractivity contribution in [3.63, 3.8) is 0 Å². The van der Waals surface area contributed by atoms with Gasteiger partial charge < -0.3 is 20.9 Å². The van der Waals surface area contributed by atoms with Crippen LogP contribution in [0.4, 0.5) is 10.1 Å². The molecule has 2 heterocycles. The summed E-state index contributed by atoms with van der Waals surface area (Å²) in [5.41, 5.74) is 5.95. The van der Waals surface area contributed by atoms with Crippen molar-refractivity contribution in [2.75, 3.05) is 5.32 Å². The van der Waals surface area contributed by atoms with Crippen LogP contribution in [0.1, 0.15) is 57.9 Å². The van der Waals surface area contributed by atoms with Gasteiger partial charge in [-0.3, -0.25) is 19.2 Å². The number of benzene rings is 1. The Morgan fingerprint density at radius 1 is 1.16 bits per heavy atom. The van der Waals surface area contributed by atoms with E-state index in [1.54, 1.807) is 30.5 Å². The number of Topliss-reactive ketones (excluding diaryl/α,β-unsaturated/α-hetero) is 1. The lowest BCUT2D eigenvalue weighted by molar-refractivity contribution is -0.128. The number of nitrogens with two attached hydrogens (primary N) is 1. The van der Waals surface area contributed by atoms with Crippen LogP contribution >= 0.6 is 0 Å². The van der Waals surface area contributed by atoms with E-state index in [4.69, 9.17) is 5.73 Å². The quantitative estimate of drug-likeness (QED) is 0.481. The normalized spacial score (nSPS) is 12.9. The topological polar surface area (TPSA) is 123 Å². The van der Waals surface area contributed by atoms with E-state index in [0.717, 1.165) is 0 Å². The van der Waals surface area contributed by atoms with Gasteiger partial charge in [-0.1, -0.05) is 6.07 Å². The lowest BCUT2D eigenvalue weighted by Gasteiger charge is -2.21. The minimum Gasteiger partial charge on any atom is -0.368 e. The number of hydrogen-bond acceptors (Lipinski definition) is 4. The number of aryl methyl sites for hydroxylation is 1. The highest BCUT2D eigenvalue weighted by molar-refractivity contribution is 6.44. The summed E-state index contributed by atoms with van der Waals surface area (Å²) in [6.07, 6.45) is 1.24. The lowest BCUT2D eigenvalue weighted by atomic mass is 10.00. The fourth-order valence-electron chi connectivity index (χ4n) is 3.69. The van der Waals surface area contributed by atoms with Crippen molar-refractivity contribution >= 4 is 29.2 Å². The zero-order valence-corrected chi connectivity index (χ0v) is 17.9. The predicted octanol–water partition coefficient (Wildman–Crippen LogP) is 2.01. The van der Waals surface area contributed by atoms with E-state index in [0.29, 0.717) is 36.2 Å². The van der Waals surface area contributed by atoms with Crippen LogP contribution in [-0.4, -0.2) is 33.6 Å². The third kappa shape index (κ3) is 4.08. The molecule has 0 atom stereocenters. The van der Waals surface area contributed by atoms with E-state index < -0.39 is 34.9 Å². The highest BCUT2D eigenvalue weighted by atomic mass is 19.1. The molecule has 3 rings (SSSR count). The van der Waals surface area contributed by atoms with Gasteiger partial charge >= 0.3 is 0 Å². The number of rotatable bonds is 6. The van der Waals surface area contributed by atoms with E-state index in [1.807, 2.05) is 0 Å². The third-order valence-electron chi connectivity index (χ3n) is 5.53. The summed E-state index contributed by atoms with van der Waals surface area (Å²) < 4.78 is 15.6. The molecule has 1 aromatic carbocycles. The number of ketones is 1. The second-order valence-electron chi connectivity index (χ2n) is 8.24. The number of hydrogen-bond donors (Lipinski definition) is 3. The number of fused-ring (bicyclic) bond motifs is 1. The number of carbonyl (C=O) groups is 4. The number of primary amides is 1. The molecule has 9 heteroatoms. The first kappa shape index (κ1) is 22.2. The molecule has 164 valence electrons. The minimum atomic E-state index is -1.40. The molecule has 4 N–H and O–H groups in total. The van der Waals surface area contributed by atoms with E-state index >= 15 is 0 Å². The van der Waals surface area contributed by atoms with E-state index in [-0.39, 0.29) is 16.9 Å². The average molecular weight is 428 g/mol. The van der Waals surface area contributed by atoms with E-state index in [9.17, 15) is 23.6 Å². The Morgan fingerprint density at radius 2 is 1.84 bits per heavy atom. The first-order chi connectivity index (χ1) is 14.4. The van der Waals surface area contributed by atoms with Crippen LogP contribution < -0.4 is 16.4 Å². The molecule has 0 radical (unpaired) electrons. The molecule has 3 amide bonds. The molecule has 0 bridgehead atoms. The molecule has 1 aliphatic heterocycles. The summed E-state index contributed by atoms with van der Waals surface area (Å²) in [7, 11) is 0. The summed E-state index contributed by atoms with van der Waals surface area (Å²) in [6, 6.07) is 4.37. The van der Waals surface area contributed by atoms with Crippen LogP contribution in [-0.2, 0) is 22.6 Å². The second-order valence-corrected chi connectivity index (χ2v) is 8.24. The second kappa shape index (κ2) is 7.98. The number of halogens is 1. The van der Waals surface area contributed by atoms with Gasteiger partial charge in [-0.2, -0.15) is 0 Å². The summed E-state index contributed by atoms with van der Waals surface area (Å²) in [4.78, 5) is 50.0. The molecule has 31 heavy (non-hydrogen) atoms. The van der Waals surface area contributed by atoms with Gasteiger partial charge in [-0.05, 0) is 63.8 Å². The largest absolute Gasteiger partial charge is 0.368 e. The lowest BCUT2D eigenvalue weighted by Crippen LogP contribution is -2.54. The fourth-order valence-corrected chi connectivity index (χ4v) is 3.69. The van der Waals surface area contributed by atoms with Crippen LogP contribution in [0.5, 0.6) is 0 Å². The molecular formula is C22H25FN4O4. The zero-order chi connectivity index (χ0) is 23.1. The average Bonchev–Trinajstić information content (AvgIpc) is 3.23. The summed E-state index contributed by atoms with van der Waals surface area (Å²) in [5.74, 6) is -3.53. The number of carbonyl (C=O) groups excluding carboxylic acids is 4. The zero-order valence-electron chi connectivity index (χ0n) is 17.9.